The van der Waals surface area contributed by atoms with Gasteiger partial charge >= 0.3 is 5.69 Å². The van der Waals surface area contributed by atoms with E-state index >= 15 is 0 Å². The van der Waals surface area contributed by atoms with Crippen LogP contribution in [0.1, 0.15) is 43.7 Å². The molecule has 9 nitrogen and oxygen atoms in total. The van der Waals surface area contributed by atoms with Crippen molar-refractivity contribution in [1.29, 1.82) is 0 Å². The van der Waals surface area contributed by atoms with Gasteiger partial charge < -0.3 is 5.11 Å². The van der Waals surface area contributed by atoms with Crippen molar-refractivity contribution in [2.45, 2.75) is 45.6 Å². The van der Waals surface area contributed by atoms with Gasteiger partial charge in [-0.2, -0.15) is 4.98 Å². The minimum Gasteiger partial charge on any atom is -0.494 e. The van der Waals surface area contributed by atoms with Crippen LogP contribution < -0.4 is 16.8 Å². The summed E-state index contributed by atoms with van der Waals surface area (Å²) < 4.78 is 4.91. The third-order valence-electron chi connectivity index (χ3n) is 6.00. The number of aryl methyl sites for hydroxylation is 1. The van der Waals surface area contributed by atoms with E-state index in [0.717, 1.165) is 35.8 Å². The van der Waals surface area contributed by atoms with Crippen LogP contribution in [-0.4, -0.2) is 28.2 Å². The molecule has 0 fully saturated rings. The van der Waals surface area contributed by atoms with Crippen LogP contribution in [0.2, 0.25) is 5.02 Å². The Morgan fingerprint density at radius 1 is 0.970 bits per heavy atom. The molecule has 0 spiro atoms. The lowest BCUT2D eigenvalue weighted by atomic mass is 10.1. The fourth-order valence-electron chi connectivity index (χ4n) is 4.11. The largest absolute Gasteiger partial charge is 0.494 e. The van der Waals surface area contributed by atoms with Crippen LogP contribution in [0.5, 0.6) is 5.88 Å². The highest BCUT2D eigenvalue weighted by Gasteiger charge is 2.24. The zero-order valence-corrected chi connectivity index (χ0v) is 19.6. The molecular formula is C23H26ClN5O4. The van der Waals surface area contributed by atoms with E-state index in [1.54, 1.807) is 12.1 Å². The van der Waals surface area contributed by atoms with Gasteiger partial charge in [-0.25, -0.2) is 9.20 Å². The van der Waals surface area contributed by atoms with Crippen LogP contribution in [0.25, 0.3) is 16.9 Å². The van der Waals surface area contributed by atoms with Gasteiger partial charge in [-0.1, -0.05) is 49.9 Å². The second-order valence-corrected chi connectivity index (χ2v) is 8.69. The Labute approximate surface area is 194 Å². The molecule has 0 bridgehead atoms. The minimum absolute atomic E-state index is 0.0132. The maximum Gasteiger partial charge on any atom is 0.332 e. The predicted octanol–water partition coefficient (Wildman–Crippen LogP) is 2.58. The zero-order chi connectivity index (χ0) is 23.9. The zero-order valence-electron chi connectivity index (χ0n) is 18.8. The van der Waals surface area contributed by atoms with E-state index in [9.17, 15) is 19.5 Å². The van der Waals surface area contributed by atoms with Gasteiger partial charge in [0.1, 0.15) is 0 Å². The Morgan fingerprint density at radius 3 is 2.33 bits per heavy atom. The normalized spacial score (nSPS) is 11.6. The third kappa shape index (κ3) is 3.86. The summed E-state index contributed by atoms with van der Waals surface area (Å²) in [5.41, 5.74) is -0.500. The van der Waals surface area contributed by atoms with Gasteiger partial charge in [0.2, 0.25) is 11.7 Å². The maximum absolute atomic E-state index is 13.5. The minimum atomic E-state index is -0.613. The summed E-state index contributed by atoms with van der Waals surface area (Å²) in [5, 5.41) is 11.7. The molecule has 0 aliphatic carbocycles. The molecule has 0 atom stereocenters. The Balaban J connectivity index is 2.05. The van der Waals surface area contributed by atoms with Crippen molar-refractivity contribution < 1.29 is 5.11 Å². The van der Waals surface area contributed by atoms with E-state index in [1.165, 1.54) is 27.6 Å². The van der Waals surface area contributed by atoms with Crippen molar-refractivity contribution in [2.24, 2.45) is 14.1 Å². The number of rotatable bonds is 7. The van der Waals surface area contributed by atoms with Gasteiger partial charge in [-0.3, -0.25) is 23.3 Å². The number of unbranched alkanes of at least 4 members (excludes halogenated alkanes) is 3. The van der Waals surface area contributed by atoms with Crippen molar-refractivity contribution in [1.82, 2.24) is 23.1 Å². The average Bonchev–Trinajstić information content (AvgIpc) is 3.20. The topological polar surface area (TPSA) is 104 Å². The summed E-state index contributed by atoms with van der Waals surface area (Å²) in [4.78, 5) is 43.4. The molecule has 0 saturated heterocycles. The molecule has 4 rings (SSSR count). The smallest absolute Gasteiger partial charge is 0.332 e. The van der Waals surface area contributed by atoms with Gasteiger partial charge in [0.05, 0.1) is 12.1 Å². The van der Waals surface area contributed by atoms with Crippen LogP contribution in [0.15, 0.2) is 38.6 Å². The van der Waals surface area contributed by atoms with Crippen molar-refractivity contribution in [3.63, 3.8) is 0 Å². The standard InChI is InChI=1S/C23H26ClN5O4/c1-4-5-6-7-8-16-19(30)28(13-14-9-11-15(24)12-10-14)22-25-18-17(29(22)20(16)31)21(32)27(3)23(33)26(18)2/h9-12,30H,4-8,13H2,1-3H3. The molecule has 3 heterocycles. The second-order valence-electron chi connectivity index (χ2n) is 8.26. The Kier molecular flexibility index (Phi) is 6.16. The molecule has 4 aromatic rings. The second kappa shape index (κ2) is 8.90. The summed E-state index contributed by atoms with van der Waals surface area (Å²) in [6, 6.07) is 7.10. The van der Waals surface area contributed by atoms with Gasteiger partial charge in [0, 0.05) is 19.1 Å². The lowest BCUT2D eigenvalue weighted by molar-refractivity contribution is 0.410. The monoisotopic (exact) mass is 471 g/mol. The number of nitrogens with zero attached hydrogens (tertiary/aromatic N) is 5. The molecule has 0 saturated carbocycles. The average molecular weight is 472 g/mol. The summed E-state index contributed by atoms with van der Waals surface area (Å²) in [5.74, 6) is -0.0888. The highest BCUT2D eigenvalue weighted by molar-refractivity contribution is 6.30. The first kappa shape index (κ1) is 22.8. The highest BCUT2D eigenvalue weighted by Crippen LogP contribution is 2.23. The third-order valence-corrected chi connectivity index (χ3v) is 6.25. The van der Waals surface area contributed by atoms with Gasteiger partial charge in [0.15, 0.2) is 11.2 Å². The van der Waals surface area contributed by atoms with Gasteiger partial charge in [-0.15, -0.1) is 0 Å². The van der Waals surface area contributed by atoms with E-state index in [1.807, 2.05) is 12.1 Å². The van der Waals surface area contributed by atoms with Gasteiger partial charge in [-0.05, 0) is 30.5 Å². The van der Waals surface area contributed by atoms with Crippen molar-refractivity contribution in [2.75, 3.05) is 0 Å². The van der Waals surface area contributed by atoms with E-state index in [4.69, 9.17) is 11.6 Å². The van der Waals surface area contributed by atoms with E-state index in [-0.39, 0.29) is 34.9 Å². The van der Waals surface area contributed by atoms with Crippen LogP contribution >= 0.6 is 11.6 Å². The number of hydrogen-bond acceptors (Lipinski definition) is 5. The number of hydrogen-bond donors (Lipinski definition) is 1. The number of imidazole rings is 1. The van der Waals surface area contributed by atoms with Crippen LogP contribution in [0.3, 0.4) is 0 Å². The summed E-state index contributed by atoms with van der Waals surface area (Å²) in [7, 11) is 2.86. The van der Waals surface area contributed by atoms with E-state index in [0.29, 0.717) is 11.4 Å². The number of aromatic hydroxyl groups is 1. The van der Waals surface area contributed by atoms with E-state index in [2.05, 4.69) is 11.9 Å². The Hall–Kier alpha value is -3.33. The fourth-order valence-corrected chi connectivity index (χ4v) is 4.24. The number of benzene rings is 1. The highest BCUT2D eigenvalue weighted by atomic mass is 35.5. The molecule has 1 aromatic carbocycles. The Morgan fingerprint density at radius 2 is 1.67 bits per heavy atom. The van der Waals surface area contributed by atoms with Crippen molar-refractivity contribution in [3.8, 4) is 5.88 Å². The van der Waals surface area contributed by atoms with E-state index < -0.39 is 16.8 Å². The lowest BCUT2D eigenvalue weighted by Gasteiger charge is -2.15. The molecule has 174 valence electrons. The maximum atomic E-state index is 13.5. The molecule has 0 amide bonds. The SMILES string of the molecule is CCCCCCc1c(O)n(Cc2ccc(Cl)cc2)c2nc3c(c(=O)n(C)c(=O)n3C)n2c1=O. The van der Waals surface area contributed by atoms with Gasteiger partial charge in [0.25, 0.3) is 11.1 Å². The number of aromatic nitrogens is 5. The summed E-state index contributed by atoms with van der Waals surface area (Å²) in [6.45, 7) is 2.30. The fraction of sp³-hybridized carbons (Fsp3) is 0.391. The first-order valence-electron chi connectivity index (χ1n) is 10.9. The van der Waals surface area contributed by atoms with Crippen molar-refractivity contribution in [3.05, 3.63) is 71.6 Å². The van der Waals surface area contributed by atoms with Crippen LogP contribution in [0, 0.1) is 0 Å². The Bertz CT molecular complexity index is 1530. The molecule has 0 aliphatic heterocycles. The molecule has 1 N–H and O–H groups in total. The molecule has 3 aromatic heterocycles. The molecule has 0 radical (unpaired) electrons. The quantitative estimate of drug-likeness (QED) is 0.417. The molecular weight excluding hydrogens is 446 g/mol. The van der Waals surface area contributed by atoms with Crippen LogP contribution in [0.4, 0.5) is 0 Å². The predicted molar refractivity (Wildman–Crippen MR) is 128 cm³/mol. The first-order chi connectivity index (χ1) is 15.8. The number of fused-ring (bicyclic) bond motifs is 3. The molecule has 0 aliphatic rings. The first-order valence-corrected chi connectivity index (χ1v) is 11.3. The number of halogens is 1. The summed E-state index contributed by atoms with van der Waals surface area (Å²) >= 11 is 6.00. The van der Waals surface area contributed by atoms with Crippen molar-refractivity contribution >= 4 is 28.5 Å². The van der Waals surface area contributed by atoms with Crippen LogP contribution in [-0.2, 0) is 27.1 Å². The molecule has 10 heteroatoms. The lowest BCUT2D eigenvalue weighted by Crippen LogP contribution is -2.38. The molecule has 0 unspecified atom stereocenters. The molecule has 33 heavy (non-hydrogen) atoms. The summed E-state index contributed by atoms with van der Waals surface area (Å²) in [6.07, 6.45) is 4.09.